The molecular formula is C26H29F2N5O5. The summed E-state index contributed by atoms with van der Waals surface area (Å²) >= 11 is 0. The Morgan fingerprint density at radius 1 is 1.16 bits per heavy atom. The Bertz CT molecular complexity index is 1200. The van der Waals surface area contributed by atoms with Crippen LogP contribution in [0.1, 0.15) is 37.0 Å². The van der Waals surface area contributed by atoms with E-state index >= 15 is 8.78 Å². The molecule has 0 radical (unpaired) electrons. The summed E-state index contributed by atoms with van der Waals surface area (Å²) < 4.78 is 35.4. The van der Waals surface area contributed by atoms with Crippen molar-refractivity contribution in [1.82, 2.24) is 15.2 Å². The highest BCUT2D eigenvalue weighted by Gasteiger charge is 2.34. The summed E-state index contributed by atoms with van der Waals surface area (Å²) in [6, 6.07) is 4.59. The van der Waals surface area contributed by atoms with Gasteiger partial charge in [0, 0.05) is 57.1 Å². The molecule has 0 unspecified atom stereocenters. The molecule has 2 aliphatic rings. The molecule has 3 heterocycles. The first-order chi connectivity index (χ1) is 18.1. The normalized spacial score (nSPS) is 18.3. The van der Waals surface area contributed by atoms with Crippen LogP contribution in [-0.4, -0.2) is 78.4 Å². The molecule has 2 aliphatic heterocycles. The second-order valence-electron chi connectivity index (χ2n) is 9.36. The van der Waals surface area contributed by atoms with Gasteiger partial charge in [-0.1, -0.05) is 0 Å². The summed E-state index contributed by atoms with van der Waals surface area (Å²) in [5.41, 5.74) is 0.130. The fourth-order valence-corrected chi connectivity index (χ4v) is 4.52. The second-order valence-corrected chi connectivity index (χ2v) is 9.36. The monoisotopic (exact) mass is 529 g/mol. The van der Waals surface area contributed by atoms with E-state index in [1.165, 1.54) is 22.9 Å². The fraction of sp³-hybridized carbons (Fsp3) is 0.423. The van der Waals surface area contributed by atoms with Crippen LogP contribution in [-0.2, 0) is 14.3 Å². The minimum Gasteiger partial charge on any atom is -0.444 e. The summed E-state index contributed by atoms with van der Waals surface area (Å²) in [7, 11) is 0. The molecule has 2 fully saturated rings. The molecule has 12 heteroatoms. The van der Waals surface area contributed by atoms with Crippen molar-refractivity contribution in [3.8, 4) is 0 Å². The lowest BCUT2D eigenvalue weighted by Gasteiger charge is -2.37. The van der Waals surface area contributed by atoms with Crippen LogP contribution in [0.15, 0.2) is 36.7 Å². The van der Waals surface area contributed by atoms with E-state index in [9.17, 15) is 19.2 Å². The highest BCUT2D eigenvalue weighted by molar-refractivity contribution is 5.97. The average molecular weight is 530 g/mol. The van der Waals surface area contributed by atoms with Crippen LogP contribution in [0.4, 0.5) is 25.0 Å². The van der Waals surface area contributed by atoms with Crippen molar-refractivity contribution >= 4 is 35.1 Å². The van der Waals surface area contributed by atoms with Crippen molar-refractivity contribution in [3.63, 3.8) is 0 Å². The van der Waals surface area contributed by atoms with E-state index in [0.717, 1.165) is 17.0 Å². The van der Waals surface area contributed by atoms with E-state index in [4.69, 9.17) is 4.74 Å². The third-order valence-electron chi connectivity index (χ3n) is 6.56. The number of nitrogens with zero attached hydrogens (tertiary/aromatic N) is 4. The number of Topliss-reactive ketones (excluding diaryl/α,β-unsaturated/α-hetero) is 1. The SMILES string of the molecule is CC(=O)CC[C@H]1CN(c2cc(F)c(N3CCN(C(=O)[C@H](C)NC(=O)c4cccnc4)CC3)c(F)c2)C(=O)O1. The van der Waals surface area contributed by atoms with Gasteiger partial charge in [0.25, 0.3) is 5.91 Å². The van der Waals surface area contributed by atoms with Gasteiger partial charge in [-0.25, -0.2) is 13.6 Å². The molecule has 0 spiro atoms. The Kier molecular flexibility index (Phi) is 8.18. The summed E-state index contributed by atoms with van der Waals surface area (Å²) in [6.45, 7) is 3.90. The van der Waals surface area contributed by atoms with E-state index in [1.54, 1.807) is 25.3 Å². The molecule has 1 aromatic carbocycles. The third kappa shape index (κ3) is 6.06. The number of piperazine rings is 1. The van der Waals surface area contributed by atoms with E-state index < -0.39 is 35.8 Å². The van der Waals surface area contributed by atoms with Crippen LogP contribution >= 0.6 is 0 Å². The zero-order valence-corrected chi connectivity index (χ0v) is 21.2. The molecule has 4 rings (SSSR count). The van der Waals surface area contributed by atoms with Gasteiger partial charge in [0.1, 0.15) is 23.6 Å². The molecule has 0 bridgehead atoms. The van der Waals surface area contributed by atoms with Crippen LogP contribution < -0.4 is 15.1 Å². The number of anilines is 2. The molecule has 38 heavy (non-hydrogen) atoms. The maximum Gasteiger partial charge on any atom is 0.414 e. The Balaban J connectivity index is 1.35. The molecule has 2 saturated heterocycles. The number of pyridine rings is 1. The van der Waals surface area contributed by atoms with Crippen molar-refractivity contribution in [3.05, 3.63) is 53.9 Å². The number of rotatable bonds is 8. The number of benzene rings is 1. The van der Waals surface area contributed by atoms with Gasteiger partial charge in [-0.05, 0) is 32.4 Å². The molecule has 2 aromatic rings. The highest BCUT2D eigenvalue weighted by Crippen LogP contribution is 2.32. The van der Waals surface area contributed by atoms with Crippen LogP contribution in [0.5, 0.6) is 0 Å². The third-order valence-corrected chi connectivity index (χ3v) is 6.56. The van der Waals surface area contributed by atoms with E-state index in [-0.39, 0.29) is 62.2 Å². The molecule has 1 N–H and O–H groups in total. The number of carbonyl (C=O) groups excluding carboxylic acids is 4. The lowest BCUT2D eigenvalue weighted by molar-refractivity contribution is -0.133. The number of amides is 3. The number of ether oxygens (including phenoxy) is 1. The average Bonchev–Trinajstić information content (AvgIpc) is 3.28. The minimum absolute atomic E-state index is 0.0334. The van der Waals surface area contributed by atoms with Gasteiger partial charge in [-0.2, -0.15) is 0 Å². The lowest BCUT2D eigenvalue weighted by atomic mass is 10.1. The van der Waals surface area contributed by atoms with Crippen molar-refractivity contribution < 1.29 is 32.7 Å². The number of hydrogen-bond acceptors (Lipinski definition) is 7. The molecule has 3 amide bonds. The van der Waals surface area contributed by atoms with Crippen molar-refractivity contribution in [1.29, 1.82) is 0 Å². The minimum atomic E-state index is -0.836. The zero-order valence-electron chi connectivity index (χ0n) is 21.2. The predicted octanol–water partition coefficient (Wildman–Crippen LogP) is 2.52. The Labute approximate surface area is 218 Å². The zero-order chi connectivity index (χ0) is 27.4. The smallest absolute Gasteiger partial charge is 0.414 e. The van der Waals surface area contributed by atoms with Crippen molar-refractivity contribution in [2.45, 2.75) is 38.8 Å². The fourth-order valence-electron chi connectivity index (χ4n) is 4.52. The molecule has 202 valence electrons. The first kappa shape index (κ1) is 27.0. The lowest BCUT2D eigenvalue weighted by Crippen LogP contribution is -2.54. The van der Waals surface area contributed by atoms with Crippen LogP contribution in [0, 0.1) is 11.6 Å². The number of hydrogen-bond donors (Lipinski definition) is 1. The molecule has 10 nitrogen and oxygen atoms in total. The van der Waals surface area contributed by atoms with Crippen LogP contribution in [0.3, 0.4) is 0 Å². The predicted molar refractivity (Wildman–Crippen MR) is 134 cm³/mol. The number of nitrogens with one attached hydrogen (secondary N) is 1. The van der Waals surface area contributed by atoms with E-state index in [0.29, 0.717) is 12.0 Å². The first-order valence-electron chi connectivity index (χ1n) is 12.3. The Hall–Kier alpha value is -4.09. The first-order valence-corrected chi connectivity index (χ1v) is 12.3. The summed E-state index contributed by atoms with van der Waals surface area (Å²) in [5.74, 6) is -2.43. The standard InChI is InChI=1S/C26H29F2N5O5/c1-16(34)5-6-20-15-33(26(37)38-20)19-12-21(27)23(22(28)13-19)31-8-10-32(11-9-31)25(36)17(2)30-24(35)18-4-3-7-29-14-18/h3-4,7,12-14,17,20H,5-6,8-11,15H2,1-2H3,(H,30,35)/t17-,20-/m0/s1. The summed E-state index contributed by atoms with van der Waals surface area (Å²) in [6.07, 6.45) is 2.28. The number of carbonyl (C=O) groups is 4. The summed E-state index contributed by atoms with van der Waals surface area (Å²) in [4.78, 5) is 56.7. The maximum absolute atomic E-state index is 15.1. The molecule has 0 aliphatic carbocycles. The van der Waals surface area contributed by atoms with Gasteiger partial charge in [-0.3, -0.25) is 19.5 Å². The van der Waals surface area contributed by atoms with Crippen molar-refractivity contribution in [2.24, 2.45) is 0 Å². The molecule has 1 aromatic heterocycles. The van der Waals surface area contributed by atoms with Crippen LogP contribution in [0.2, 0.25) is 0 Å². The number of cyclic esters (lactones) is 1. The number of aromatic nitrogens is 1. The van der Waals surface area contributed by atoms with E-state index in [2.05, 4.69) is 10.3 Å². The van der Waals surface area contributed by atoms with Gasteiger partial charge in [0.05, 0.1) is 17.8 Å². The van der Waals surface area contributed by atoms with Gasteiger partial charge in [-0.15, -0.1) is 0 Å². The molecule has 0 saturated carbocycles. The van der Waals surface area contributed by atoms with Gasteiger partial charge < -0.3 is 24.6 Å². The number of ketones is 1. The summed E-state index contributed by atoms with van der Waals surface area (Å²) in [5, 5.41) is 2.64. The highest BCUT2D eigenvalue weighted by atomic mass is 19.1. The van der Waals surface area contributed by atoms with Gasteiger partial charge in [0.15, 0.2) is 11.6 Å². The van der Waals surface area contributed by atoms with Crippen molar-refractivity contribution in [2.75, 3.05) is 42.5 Å². The van der Waals surface area contributed by atoms with Gasteiger partial charge >= 0.3 is 6.09 Å². The Morgan fingerprint density at radius 3 is 2.45 bits per heavy atom. The topological polar surface area (TPSA) is 112 Å². The van der Waals surface area contributed by atoms with Crippen LogP contribution in [0.25, 0.3) is 0 Å². The van der Waals surface area contributed by atoms with Gasteiger partial charge in [0.2, 0.25) is 5.91 Å². The quantitative estimate of drug-likeness (QED) is 0.559. The molecule has 2 atom stereocenters. The Morgan fingerprint density at radius 2 is 1.84 bits per heavy atom. The van der Waals surface area contributed by atoms with E-state index in [1.807, 2.05) is 0 Å². The molecular weight excluding hydrogens is 500 g/mol. The number of halogens is 2. The maximum atomic E-state index is 15.1. The second kappa shape index (κ2) is 11.5. The largest absolute Gasteiger partial charge is 0.444 e.